The van der Waals surface area contributed by atoms with Gasteiger partial charge in [0.15, 0.2) is 5.60 Å². The molecule has 0 spiro atoms. The van der Waals surface area contributed by atoms with E-state index in [1.165, 1.54) is 6.92 Å². The van der Waals surface area contributed by atoms with E-state index in [4.69, 9.17) is 9.84 Å². The molecule has 0 aromatic heterocycles. The minimum atomic E-state index is -1.82. The average molecular weight is 210 g/mol. The van der Waals surface area contributed by atoms with Gasteiger partial charge in [-0.2, -0.15) is 0 Å². The van der Waals surface area contributed by atoms with Gasteiger partial charge < -0.3 is 14.9 Å². The van der Waals surface area contributed by atoms with Gasteiger partial charge in [-0.1, -0.05) is 30.3 Å². The summed E-state index contributed by atoms with van der Waals surface area (Å²) in [5, 5.41) is 18.1. The summed E-state index contributed by atoms with van der Waals surface area (Å²) in [5.74, 6) is -0.825. The van der Waals surface area contributed by atoms with Crippen molar-refractivity contribution in [3.63, 3.8) is 0 Å². The first-order chi connectivity index (χ1) is 7.06. The SMILES string of the molecule is C[C@](O)(CO)C(=O)OCc1ccccc1. The Bertz CT molecular complexity index is 319. The summed E-state index contributed by atoms with van der Waals surface area (Å²) in [7, 11) is 0. The number of hydrogen-bond donors (Lipinski definition) is 2. The summed E-state index contributed by atoms with van der Waals surface area (Å²) in [5.41, 5.74) is -0.992. The third-order valence-electron chi connectivity index (χ3n) is 1.96. The van der Waals surface area contributed by atoms with Gasteiger partial charge >= 0.3 is 5.97 Å². The van der Waals surface area contributed by atoms with Crippen LogP contribution in [0, 0.1) is 0 Å². The molecule has 0 saturated carbocycles. The highest BCUT2D eigenvalue weighted by molar-refractivity contribution is 5.78. The van der Waals surface area contributed by atoms with Crippen molar-refractivity contribution in [2.75, 3.05) is 6.61 Å². The maximum absolute atomic E-state index is 11.2. The second-order valence-corrected chi connectivity index (χ2v) is 3.49. The molecule has 1 aromatic rings. The number of benzene rings is 1. The second-order valence-electron chi connectivity index (χ2n) is 3.49. The second kappa shape index (κ2) is 4.91. The van der Waals surface area contributed by atoms with Gasteiger partial charge in [0, 0.05) is 0 Å². The Morgan fingerprint density at radius 2 is 2.00 bits per heavy atom. The average Bonchev–Trinajstić information content (AvgIpc) is 2.27. The van der Waals surface area contributed by atoms with Gasteiger partial charge in [0.1, 0.15) is 6.61 Å². The lowest BCUT2D eigenvalue weighted by atomic mass is 10.1. The Hall–Kier alpha value is -1.39. The highest BCUT2D eigenvalue weighted by atomic mass is 16.6. The molecular formula is C11H14O4. The number of carbonyl (C=O) groups is 1. The predicted octanol–water partition coefficient (Wildman–Crippen LogP) is 0.473. The molecule has 0 heterocycles. The van der Waals surface area contributed by atoms with Crippen molar-refractivity contribution in [1.82, 2.24) is 0 Å². The van der Waals surface area contributed by atoms with Gasteiger partial charge in [-0.05, 0) is 12.5 Å². The van der Waals surface area contributed by atoms with E-state index >= 15 is 0 Å². The van der Waals surface area contributed by atoms with Crippen molar-refractivity contribution in [2.24, 2.45) is 0 Å². The van der Waals surface area contributed by atoms with E-state index in [1.54, 1.807) is 12.1 Å². The van der Waals surface area contributed by atoms with Crippen LogP contribution in [0.3, 0.4) is 0 Å². The van der Waals surface area contributed by atoms with Gasteiger partial charge in [-0.3, -0.25) is 0 Å². The monoisotopic (exact) mass is 210 g/mol. The normalized spacial score (nSPS) is 14.3. The zero-order chi connectivity index (χ0) is 11.3. The summed E-state index contributed by atoms with van der Waals surface area (Å²) >= 11 is 0. The lowest BCUT2D eigenvalue weighted by Crippen LogP contribution is -2.40. The van der Waals surface area contributed by atoms with Crippen LogP contribution in [-0.2, 0) is 16.1 Å². The minimum absolute atomic E-state index is 0.0931. The summed E-state index contributed by atoms with van der Waals surface area (Å²) in [6.07, 6.45) is 0. The molecule has 2 N–H and O–H groups in total. The van der Waals surface area contributed by atoms with Crippen molar-refractivity contribution in [2.45, 2.75) is 19.1 Å². The molecule has 1 atom stereocenters. The number of aliphatic hydroxyl groups is 2. The van der Waals surface area contributed by atoms with Gasteiger partial charge in [0.05, 0.1) is 6.61 Å². The molecule has 0 unspecified atom stereocenters. The number of ether oxygens (including phenoxy) is 1. The highest BCUT2D eigenvalue weighted by Crippen LogP contribution is 2.07. The lowest BCUT2D eigenvalue weighted by molar-refractivity contribution is -0.168. The maximum Gasteiger partial charge on any atom is 0.340 e. The number of rotatable bonds is 4. The van der Waals surface area contributed by atoms with E-state index in [2.05, 4.69) is 0 Å². The number of carbonyl (C=O) groups excluding carboxylic acids is 1. The Labute approximate surface area is 88.1 Å². The third-order valence-corrected chi connectivity index (χ3v) is 1.96. The number of hydrogen-bond acceptors (Lipinski definition) is 4. The first-order valence-corrected chi connectivity index (χ1v) is 4.60. The molecule has 4 nitrogen and oxygen atoms in total. The van der Waals surface area contributed by atoms with Crippen LogP contribution in [0.15, 0.2) is 30.3 Å². The van der Waals surface area contributed by atoms with E-state index in [-0.39, 0.29) is 6.61 Å². The summed E-state index contributed by atoms with van der Waals surface area (Å²) in [6.45, 7) is 0.650. The molecule has 82 valence electrons. The quantitative estimate of drug-likeness (QED) is 0.709. The fourth-order valence-corrected chi connectivity index (χ4v) is 0.943. The van der Waals surface area contributed by atoms with Gasteiger partial charge in [-0.15, -0.1) is 0 Å². The minimum Gasteiger partial charge on any atom is -0.459 e. The van der Waals surface area contributed by atoms with Crippen molar-refractivity contribution in [3.8, 4) is 0 Å². The largest absolute Gasteiger partial charge is 0.459 e. The molecule has 0 saturated heterocycles. The molecule has 0 amide bonds. The van der Waals surface area contributed by atoms with E-state index < -0.39 is 18.2 Å². The molecule has 0 radical (unpaired) electrons. The van der Waals surface area contributed by atoms with Crippen molar-refractivity contribution < 1.29 is 19.7 Å². The van der Waals surface area contributed by atoms with Crippen molar-refractivity contribution >= 4 is 5.97 Å². The maximum atomic E-state index is 11.2. The molecule has 1 rings (SSSR count). The number of esters is 1. The smallest absolute Gasteiger partial charge is 0.340 e. The van der Waals surface area contributed by atoms with Crippen LogP contribution in [0.2, 0.25) is 0 Å². The van der Waals surface area contributed by atoms with Gasteiger partial charge in [0.2, 0.25) is 0 Å². The van der Waals surface area contributed by atoms with Gasteiger partial charge in [0.25, 0.3) is 0 Å². The van der Waals surface area contributed by atoms with E-state index in [0.717, 1.165) is 5.56 Å². The summed E-state index contributed by atoms with van der Waals surface area (Å²) in [6, 6.07) is 9.12. The predicted molar refractivity (Wildman–Crippen MR) is 53.9 cm³/mol. The molecular weight excluding hydrogens is 196 g/mol. The molecule has 4 heteroatoms. The van der Waals surface area contributed by atoms with Crippen LogP contribution in [0.5, 0.6) is 0 Å². The lowest BCUT2D eigenvalue weighted by Gasteiger charge is -2.18. The molecule has 0 fully saturated rings. The van der Waals surface area contributed by atoms with Crippen LogP contribution in [-0.4, -0.2) is 28.4 Å². The number of aliphatic hydroxyl groups excluding tert-OH is 1. The molecule has 0 aliphatic rings. The highest BCUT2D eigenvalue weighted by Gasteiger charge is 2.31. The molecule has 15 heavy (non-hydrogen) atoms. The molecule has 0 bridgehead atoms. The molecule has 1 aromatic carbocycles. The molecule has 0 aliphatic heterocycles. The fraction of sp³-hybridized carbons (Fsp3) is 0.364. The standard InChI is InChI=1S/C11H14O4/c1-11(14,8-12)10(13)15-7-9-5-3-2-4-6-9/h2-6,12,14H,7-8H2,1H3/t11-/m0/s1. The Balaban J connectivity index is 2.48. The third kappa shape index (κ3) is 3.34. The zero-order valence-corrected chi connectivity index (χ0v) is 8.51. The Kier molecular flexibility index (Phi) is 3.82. The van der Waals surface area contributed by atoms with Crippen LogP contribution in [0.4, 0.5) is 0 Å². The van der Waals surface area contributed by atoms with Gasteiger partial charge in [-0.25, -0.2) is 4.79 Å². The van der Waals surface area contributed by atoms with Crippen molar-refractivity contribution in [1.29, 1.82) is 0 Å². The zero-order valence-electron chi connectivity index (χ0n) is 8.51. The van der Waals surface area contributed by atoms with Crippen LogP contribution in [0.1, 0.15) is 12.5 Å². The van der Waals surface area contributed by atoms with Crippen LogP contribution >= 0.6 is 0 Å². The summed E-state index contributed by atoms with van der Waals surface area (Å²) < 4.78 is 4.83. The first-order valence-electron chi connectivity index (χ1n) is 4.60. The van der Waals surface area contributed by atoms with E-state index in [9.17, 15) is 9.90 Å². The van der Waals surface area contributed by atoms with E-state index in [0.29, 0.717) is 0 Å². The van der Waals surface area contributed by atoms with Crippen LogP contribution in [0.25, 0.3) is 0 Å². The van der Waals surface area contributed by atoms with Crippen LogP contribution < -0.4 is 0 Å². The van der Waals surface area contributed by atoms with Crippen molar-refractivity contribution in [3.05, 3.63) is 35.9 Å². The Morgan fingerprint density at radius 1 is 1.40 bits per heavy atom. The summed E-state index contributed by atoms with van der Waals surface area (Å²) in [4.78, 5) is 11.2. The topological polar surface area (TPSA) is 66.8 Å². The van der Waals surface area contributed by atoms with E-state index in [1.807, 2.05) is 18.2 Å². The fourth-order valence-electron chi connectivity index (χ4n) is 0.943. The molecule has 0 aliphatic carbocycles. The Morgan fingerprint density at radius 3 is 2.53 bits per heavy atom. The first kappa shape index (κ1) is 11.7.